The molecule has 0 bridgehead atoms. The molecule has 0 amide bonds. The number of rotatable bonds is 5. The summed E-state index contributed by atoms with van der Waals surface area (Å²) in [6, 6.07) is 14.6. The summed E-state index contributed by atoms with van der Waals surface area (Å²) in [5.41, 5.74) is 4.33. The van der Waals surface area contributed by atoms with Crippen LogP contribution in [-0.4, -0.2) is 30.4 Å². The second-order valence-electron chi connectivity index (χ2n) is 8.94. The molecular formula is C27H24ClN5O3. The van der Waals surface area contributed by atoms with Gasteiger partial charge in [0.25, 0.3) is 5.56 Å². The third kappa shape index (κ3) is 3.89. The molecule has 0 radical (unpaired) electrons. The van der Waals surface area contributed by atoms with Gasteiger partial charge in [0.05, 0.1) is 11.4 Å². The van der Waals surface area contributed by atoms with E-state index >= 15 is 0 Å². The average molecular weight is 502 g/mol. The number of hydrogen-bond donors (Lipinski definition) is 2. The number of anilines is 1. The van der Waals surface area contributed by atoms with Crippen LogP contribution in [0, 0.1) is 13.8 Å². The van der Waals surface area contributed by atoms with E-state index in [1.807, 2.05) is 63.4 Å². The molecule has 182 valence electrons. The minimum atomic E-state index is -1.18. The van der Waals surface area contributed by atoms with E-state index in [0.717, 1.165) is 33.2 Å². The fraction of sp³-hybridized carbons (Fsp3) is 0.185. The maximum absolute atomic E-state index is 13.4. The van der Waals surface area contributed by atoms with Gasteiger partial charge in [-0.25, -0.2) is 14.5 Å². The van der Waals surface area contributed by atoms with Crippen molar-refractivity contribution >= 4 is 45.1 Å². The molecule has 3 heterocycles. The molecule has 0 saturated carbocycles. The van der Waals surface area contributed by atoms with Crippen LogP contribution in [0.1, 0.15) is 40.1 Å². The van der Waals surface area contributed by atoms with E-state index in [-0.39, 0.29) is 22.4 Å². The normalized spacial score (nSPS) is 12.2. The van der Waals surface area contributed by atoms with Crippen molar-refractivity contribution in [1.29, 1.82) is 0 Å². The molecule has 1 atom stereocenters. The van der Waals surface area contributed by atoms with Crippen LogP contribution in [0.5, 0.6) is 0 Å². The molecule has 0 spiro atoms. The maximum atomic E-state index is 13.4. The summed E-state index contributed by atoms with van der Waals surface area (Å²) in [7, 11) is 1.72. The summed E-state index contributed by atoms with van der Waals surface area (Å²) in [6.45, 7) is 5.87. The second kappa shape index (κ2) is 8.80. The largest absolute Gasteiger partial charge is 0.476 e. The van der Waals surface area contributed by atoms with Crippen molar-refractivity contribution in [3.63, 3.8) is 0 Å². The lowest BCUT2D eigenvalue weighted by Gasteiger charge is -2.20. The van der Waals surface area contributed by atoms with Crippen LogP contribution in [0.15, 0.2) is 59.5 Å². The second-order valence-corrected chi connectivity index (χ2v) is 9.33. The molecule has 3 aromatic heterocycles. The van der Waals surface area contributed by atoms with Gasteiger partial charge in [0.2, 0.25) is 0 Å². The van der Waals surface area contributed by atoms with Crippen molar-refractivity contribution in [2.75, 3.05) is 5.32 Å². The zero-order valence-electron chi connectivity index (χ0n) is 20.2. The lowest BCUT2D eigenvalue weighted by atomic mass is 9.95. The molecule has 2 N–H and O–H groups in total. The first-order valence-electron chi connectivity index (χ1n) is 11.4. The molecular weight excluding hydrogens is 478 g/mol. The van der Waals surface area contributed by atoms with E-state index in [0.29, 0.717) is 16.7 Å². The third-order valence-electron chi connectivity index (χ3n) is 6.39. The van der Waals surface area contributed by atoms with Crippen molar-refractivity contribution in [2.45, 2.75) is 26.8 Å². The summed E-state index contributed by atoms with van der Waals surface area (Å²) in [4.78, 5) is 29.1. The van der Waals surface area contributed by atoms with E-state index < -0.39 is 5.97 Å². The van der Waals surface area contributed by atoms with Crippen LogP contribution in [0.4, 0.5) is 5.69 Å². The first-order chi connectivity index (χ1) is 17.2. The fourth-order valence-corrected chi connectivity index (χ4v) is 4.81. The van der Waals surface area contributed by atoms with Crippen LogP contribution in [0.2, 0.25) is 5.15 Å². The fourth-order valence-electron chi connectivity index (χ4n) is 4.66. The minimum absolute atomic E-state index is 0.0976. The van der Waals surface area contributed by atoms with E-state index in [1.54, 1.807) is 22.4 Å². The number of para-hydroxylation sites is 1. The topological polar surface area (TPSA) is 102 Å². The number of carboxylic acid groups (broad SMARTS) is 1. The summed E-state index contributed by atoms with van der Waals surface area (Å²) in [5, 5.41) is 19.9. The van der Waals surface area contributed by atoms with Crippen LogP contribution in [-0.2, 0) is 7.05 Å². The van der Waals surface area contributed by atoms with Gasteiger partial charge in [-0.2, -0.15) is 0 Å². The van der Waals surface area contributed by atoms with Gasteiger partial charge in [-0.1, -0.05) is 35.9 Å². The van der Waals surface area contributed by atoms with Crippen molar-refractivity contribution in [2.24, 2.45) is 7.05 Å². The summed E-state index contributed by atoms with van der Waals surface area (Å²) < 4.78 is 3.37. The highest BCUT2D eigenvalue weighted by atomic mass is 35.5. The number of benzene rings is 2. The number of hydrogen-bond acceptors (Lipinski definition) is 5. The molecule has 36 heavy (non-hydrogen) atoms. The minimum Gasteiger partial charge on any atom is -0.476 e. The number of aromatic nitrogens is 4. The van der Waals surface area contributed by atoms with Gasteiger partial charge in [0.15, 0.2) is 11.3 Å². The van der Waals surface area contributed by atoms with Crippen molar-refractivity contribution in [3.05, 3.63) is 92.6 Å². The number of halogens is 1. The highest BCUT2D eigenvalue weighted by Gasteiger charge is 2.21. The van der Waals surface area contributed by atoms with Gasteiger partial charge >= 0.3 is 5.97 Å². The van der Waals surface area contributed by atoms with Gasteiger partial charge in [-0.05, 0) is 61.7 Å². The van der Waals surface area contributed by atoms with Crippen LogP contribution >= 0.6 is 11.6 Å². The third-order valence-corrected chi connectivity index (χ3v) is 6.61. The monoisotopic (exact) mass is 501 g/mol. The Morgan fingerprint density at radius 1 is 1.11 bits per heavy atom. The first-order valence-corrected chi connectivity index (χ1v) is 11.8. The number of carbonyl (C=O) groups is 1. The van der Waals surface area contributed by atoms with Gasteiger partial charge in [0, 0.05) is 35.4 Å². The zero-order valence-corrected chi connectivity index (χ0v) is 21.0. The summed E-state index contributed by atoms with van der Waals surface area (Å²) in [5.74, 6) is -1.18. The quantitative estimate of drug-likeness (QED) is 0.312. The smallest absolute Gasteiger partial charge is 0.356 e. The highest BCUT2D eigenvalue weighted by molar-refractivity contribution is 6.29. The van der Waals surface area contributed by atoms with E-state index in [2.05, 4.69) is 10.3 Å². The Morgan fingerprint density at radius 3 is 2.58 bits per heavy atom. The Kier molecular flexibility index (Phi) is 5.76. The number of nitrogens with one attached hydrogen (secondary N) is 1. The highest BCUT2D eigenvalue weighted by Crippen LogP contribution is 2.33. The molecule has 0 saturated heterocycles. The van der Waals surface area contributed by atoms with Gasteiger partial charge in [0.1, 0.15) is 5.15 Å². The molecule has 5 aromatic rings. The van der Waals surface area contributed by atoms with E-state index in [1.165, 1.54) is 6.07 Å². The first kappa shape index (κ1) is 23.6. The Hall–Kier alpha value is -4.17. The molecule has 0 aliphatic rings. The number of carboxylic acids is 1. The Bertz CT molecular complexity index is 1740. The number of fused-ring (bicyclic) bond motifs is 3. The van der Waals surface area contributed by atoms with Gasteiger partial charge in [-0.15, -0.1) is 5.10 Å². The SMILES string of the molecule is Cc1cc(C(C)Nc2ccc(Cl)nc2C(=O)O)c2c(c1)c(=O)n(C)c1nn(-c3ccccc3C)cc21. The lowest BCUT2D eigenvalue weighted by molar-refractivity contribution is 0.0691. The van der Waals surface area contributed by atoms with Gasteiger partial charge in [-0.3, -0.25) is 9.36 Å². The summed E-state index contributed by atoms with van der Waals surface area (Å²) >= 11 is 5.93. The van der Waals surface area contributed by atoms with E-state index in [9.17, 15) is 14.7 Å². The lowest BCUT2D eigenvalue weighted by Crippen LogP contribution is -2.19. The Balaban J connectivity index is 1.75. The molecule has 1 unspecified atom stereocenters. The van der Waals surface area contributed by atoms with E-state index in [4.69, 9.17) is 16.7 Å². The van der Waals surface area contributed by atoms with Crippen LogP contribution in [0.25, 0.3) is 27.5 Å². The predicted octanol–water partition coefficient (Wildman–Crippen LogP) is 5.41. The molecule has 9 heteroatoms. The molecule has 2 aromatic carbocycles. The molecule has 5 rings (SSSR count). The van der Waals surface area contributed by atoms with Crippen molar-refractivity contribution in [3.8, 4) is 5.69 Å². The Labute approximate surface area is 211 Å². The number of aryl methyl sites for hydroxylation is 3. The standard InChI is InChI=1S/C27H24ClN5O3/c1-14-11-17(16(3)29-20-9-10-22(28)30-24(20)27(35)36)23-18(12-14)26(34)32(4)25-19(23)13-33(31-25)21-8-6-5-7-15(21)2/h5-13,16,29H,1-4H3,(H,35,36). The van der Waals surface area contributed by atoms with Crippen LogP contribution < -0.4 is 10.9 Å². The predicted molar refractivity (Wildman–Crippen MR) is 142 cm³/mol. The molecule has 0 fully saturated rings. The maximum Gasteiger partial charge on any atom is 0.356 e. The summed E-state index contributed by atoms with van der Waals surface area (Å²) in [6.07, 6.45) is 1.94. The molecule has 0 aliphatic carbocycles. The number of aromatic carboxylic acids is 1. The van der Waals surface area contributed by atoms with Gasteiger partial charge < -0.3 is 10.4 Å². The zero-order chi connectivity index (χ0) is 25.7. The van der Waals surface area contributed by atoms with Crippen molar-refractivity contribution in [1.82, 2.24) is 19.3 Å². The number of nitrogens with zero attached hydrogens (tertiary/aromatic N) is 4. The van der Waals surface area contributed by atoms with Crippen molar-refractivity contribution < 1.29 is 9.90 Å². The molecule has 0 aliphatic heterocycles. The van der Waals surface area contributed by atoms with Crippen LogP contribution in [0.3, 0.4) is 0 Å². The average Bonchev–Trinajstić information content (AvgIpc) is 3.28. The Morgan fingerprint density at radius 2 is 1.86 bits per heavy atom. The number of pyridine rings is 2. The molecule has 8 nitrogen and oxygen atoms in total.